The van der Waals surface area contributed by atoms with Gasteiger partial charge in [0.25, 0.3) is 0 Å². The van der Waals surface area contributed by atoms with Crippen LogP contribution in [0.2, 0.25) is 0 Å². The zero-order valence-electron chi connectivity index (χ0n) is 13.7. The van der Waals surface area contributed by atoms with Crippen LogP contribution in [-0.2, 0) is 11.2 Å². The van der Waals surface area contributed by atoms with E-state index in [-0.39, 0.29) is 5.91 Å². The molecule has 0 bridgehead atoms. The van der Waals surface area contributed by atoms with Crippen LogP contribution in [0.3, 0.4) is 0 Å². The first-order valence-corrected chi connectivity index (χ1v) is 8.31. The molecule has 5 nitrogen and oxygen atoms in total. The van der Waals surface area contributed by atoms with Gasteiger partial charge in [-0.05, 0) is 46.9 Å². The van der Waals surface area contributed by atoms with Gasteiger partial charge in [-0.3, -0.25) is 4.79 Å². The maximum Gasteiger partial charge on any atom is 0.226 e. The minimum Gasteiger partial charge on any atom is -0.354 e. The lowest BCUT2D eigenvalue weighted by Crippen LogP contribution is -2.17. The van der Waals surface area contributed by atoms with Gasteiger partial charge >= 0.3 is 0 Å². The Labute approximate surface area is 146 Å². The van der Waals surface area contributed by atoms with Crippen molar-refractivity contribution < 1.29 is 4.79 Å². The highest BCUT2D eigenvalue weighted by atomic mass is 16.1. The zero-order chi connectivity index (χ0) is 17.1. The molecule has 1 aromatic heterocycles. The number of nitrogens with zero attached hydrogens (tertiary/aromatic N) is 2. The fourth-order valence-electron chi connectivity index (χ4n) is 3.12. The van der Waals surface area contributed by atoms with Crippen LogP contribution < -0.4 is 10.6 Å². The molecule has 1 aliphatic carbocycles. The van der Waals surface area contributed by atoms with E-state index in [4.69, 9.17) is 0 Å². The van der Waals surface area contributed by atoms with E-state index in [1.165, 1.54) is 22.3 Å². The summed E-state index contributed by atoms with van der Waals surface area (Å²) in [6.45, 7) is 0.492. The average molecular weight is 330 g/mol. The Morgan fingerprint density at radius 2 is 1.76 bits per heavy atom. The van der Waals surface area contributed by atoms with Crippen molar-refractivity contribution in [3.05, 3.63) is 72.1 Å². The summed E-state index contributed by atoms with van der Waals surface area (Å²) in [6.07, 6.45) is 4.60. The van der Waals surface area contributed by atoms with Crippen molar-refractivity contribution in [3.63, 3.8) is 0 Å². The summed E-state index contributed by atoms with van der Waals surface area (Å²) in [5.74, 6) is 0.504. The number of benzene rings is 2. The van der Waals surface area contributed by atoms with Crippen LogP contribution in [0.15, 0.2) is 60.9 Å². The Bertz CT molecular complexity index is 909. The molecule has 124 valence electrons. The summed E-state index contributed by atoms with van der Waals surface area (Å²) in [5.41, 5.74) is 5.99. The monoisotopic (exact) mass is 330 g/mol. The molecule has 0 radical (unpaired) electrons. The van der Waals surface area contributed by atoms with E-state index >= 15 is 0 Å². The molecule has 0 unspecified atom stereocenters. The van der Waals surface area contributed by atoms with Gasteiger partial charge in [-0.2, -0.15) is 0 Å². The van der Waals surface area contributed by atoms with E-state index in [1.807, 2.05) is 6.07 Å². The second-order valence-corrected chi connectivity index (χ2v) is 6.00. The van der Waals surface area contributed by atoms with Crippen molar-refractivity contribution in [2.75, 3.05) is 17.2 Å². The molecule has 3 aromatic rings. The van der Waals surface area contributed by atoms with Crippen molar-refractivity contribution in [3.8, 4) is 11.1 Å². The van der Waals surface area contributed by atoms with Gasteiger partial charge in [0.05, 0.1) is 0 Å². The normalized spacial score (nSPS) is 11.5. The van der Waals surface area contributed by atoms with Crippen LogP contribution >= 0.6 is 0 Å². The van der Waals surface area contributed by atoms with E-state index in [2.05, 4.69) is 57.0 Å². The molecule has 0 atom stereocenters. The van der Waals surface area contributed by atoms with Crippen LogP contribution in [0, 0.1) is 0 Å². The minimum atomic E-state index is -0.0288. The molecule has 0 fully saturated rings. The van der Waals surface area contributed by atoms with Gasteiger partial charge in [0.2, 0.25) is 11.9 Å². The number of carbonyl (C=O) groups is 1. The number of nitrogens with one attached hydrogen (secondary N) is 2. The van der Waals surface area contributed by atoms with Gasteiger partial charge in [0.1, 0.15) is 0 Å². The highest BCUT2D eigenvalue weighted by Gasteiger charge is 2.18. The quantitative estimate of drug-likeness (QED) is 0.588. The third-order valence-electron chi connectivity index (χ3n) is 4.28. The van der Waals surface area contributed by atoms with E-state index in [1.54, 1.807) is 18.5 Å². The lowest BCUT2D eigenvalue weighted by Gasteiger charge is -2.08. The molecule has 0 saturated carbocycles. The fraction of sp³-hybridized carbons (Fsp3) is 0.150. The Morgan fingerprint density at radius 1 is 0.960 bits per heavy atom. The van der Waals surface area contributed by atoms with Gasteiger partial charge in [-0.25, -0.2) is 9.97 Å². The lowest BCUT2D eigenvalue weighted by atomic mass is 10.1. The average Bonchev–Trinajstić information content (AvgIpc) is 3.00. The second-order valence-electron chi connectivity index (χ2n) is 6.00. The minimum absolute atomic E-state index is 0.0288. The maximum absolute atomic E-state index is 12.1. The van der Waals surface area contributed by atoms with Crippen LogP contribution in [0.5, 0.6) is 0 Å². The molecule has 25 heavy (non-hydrogen) atoms. The molecular weight excluding hydrogens is 312 g/mol. The summed E-state index contributed by atoms with van der Waals surface area (Å²) in [7, 11) is 0. The second kappa shape index (κ2) is 6.73. The van der Waals surface area contributed by atoms with E-state index in [9.17, 15) is 4.79 Å². The summed E-state index contributed by atoms with van der Waals surface area (Å²) in [5, 5.41) is 6.00. The molecule has 4 rings (SSSR count). The van der Waals surface area contributed by atoms with Crippen molar-refractivity contribution in [1.82, 2.24) is 9.97 Å². The predicted octanol–water partition coefficient (Wildman–Crippen LogP) is 3.49. The van der Waals surface area contributed by atoms with Crippen LogP contribution in [0.25, 0.3) is 11.1 Å². The van der Waals surface area contributed by atoms with Gasteiger partial charge < -0.3 is 10.6 Å². The maximum atomic E-state index is 12.1. The highest BCUT2D eigenvalue weighted by Crippen LogP contribution is 2.37. The standard InChI is InChI=1S/C20H18N4O/c25-19(8-11-23-20-21-9-3-10-22-20)24-16-6-7-18-15(13-16)12-14-4-1-2-5-17(14)18/h1-7,9-10,13H,8,11-12H2,(H,24,25)(H,21,22,23). The number of hydrogen-bond donors (Lipinski definition) is 2. The topological polar surface area (TPSA) is 66.9 Å². The molecule has 2 aromatic carbocycles. The summed E-state index contributed by atoms with van der Waals surface area (Å²) >= 11 is 0. The molecule has 2 N–H and O–H groups in total. The molecular formula is C20H18N4O. The molecule has 0 aliphatic heterocycles. The molecule has 1 heterocycles. The Hall–Kier alpha value is -3.21. The van der Waals surface area contributed by atoms with Crippen LogP contribution in [0.4, 0.5) is 11.6 Å². The van der Waals surface area contributed by atoms with Crippen molar-refractivity contribution in [2.24, 2.45) is 0 Å². The van der Waals surface area contributed by atoms with Crippen molar-refractivity contribution in [1.29, 1.82) is 0 Å². The summed E-state index contributed by atoms with van der Waals surface area (Å²) in [4.78, 5) is 20.3. The smallest absolute Gasteiger partial charge is 0.226 e. The SMILES string of the molecule is O=C(CCNc1ncccn1)Nc1ccc2c(c1)Cc1ccccc1-2. The highest BCUT2D eigenvalue weighted by molar-refractivity contribution is 5.92. The molecule has 0 spiro atoms. The first kappa shape index (κ1) is 15.3. The number of fused-ring (bicyclic) bond motifs is 3. The van der Waals surface area contributed by atoms with Crippen LogP contribution in [0.1, 0.15) is 17.5 Å². The molecule has 1 amide bonds. The van der Waals surface area contributed by atoms with E-state index in [0.717, 1.165) is 12.1 Å². The van der Waals surface area contributed by atoms with Gasteiger partial charge in [0, 0.05) is 31.0 Å². The summed E-state index contributed by atoms with van der Waals surface area (Å²) in [6, 6.07) is 16.3. The largest absolute Gasteiger partial charge is 0.354 e. The number of anilines is 2. The third-order valence-corrected chi connectivity index (χ3v) is 4.28. The Kier molecular flexibility index (Phi) is 4.12. The first-order chi connectivity index (χ1) is 12.3. The summed E-state index contributed by atoms with van der Waals surface area (Å²) < 4.78 is 0. The van der Waals surface area contributed by atoms with E-state index in [0.29, 0.717) is 18.9 Å². The van der Waals surface area contributed by atoms with Gasteiger partial charge in [-0.15, -0.1) is 0 Å². The first-order valence-electron chi connectivity index (χ1n) is 8.31. The lowest BCUT2D eigenvalue weighted by molar-refractivity contribution is -0.115. The number of hydrogen-bond acceptors (Lipinski definition) is 4. The Balaban J connectivity index is 1.36. The zero-order valence-corrected chi connectivity index (χ0v) is 13.7. The Morgan fingerprint density at radius 3 is 2.64 bits per heavy atom. The fourth-order valence-corrected chi connectivity index (χ4v) is 3.12. The van der Waals surface area contributed by atoms with Crippen molar-refractivity contribution in [2.45, 2.75) is 12.8 Å². The number of aromatic nitrogens is 2. The molecule has 0 saturated heterocycles. The third kappa shape index (κ3) is 3.35. The molecule has 1 aliphatic rings. The number of carbonyl (C=O) groups excluding carboxylic acids is 1. The van der Waals surface area contributed by atoms with Crippen molar-refractivity contribution >= 4 is 17.5 Å². The van der Waals surface area contributed by atoms with Crippen LogP contribution in [-0.4, -0.2) is 22.4 Å². The predicted molar refractivity (Wildman–Crippen MR) is 98.5 cm³/mol. The van der Waals surface area contributed by atoms with Gasteiger partial charge in [0.15, 0.2) is 0 Å². The van der Waals surface area contributed by atoms with E-state index < -0.39 is 0 Å². The molecule has 5 heteroatoms. The number of rotatable bonds is 5. The number of amides is 1. The van der Waals surface area contributed by atoms with Gasteiger partial charge in [-0.1, -0.05) is 30.3 Å².